The van der Waals surface area contributed by atoms with E-state index in [2.05, 4.69) is 29.1 Å². The fourth-order valence-corrected chi connectivity index (χ4v) is 6.29. The Morgan fingerprint density at radius 2 is 1.88 bits per heavy atom. The van der Waals surface area contributed by atoms with Crippen molar-refractivity contribution in [3.63, 3.8) is 0 Å². The summed E-state index contributed by atoms with van der Waals surface area (Å²) in [5.74, 6) is 1.60. The molecule has 1 heterocycles. The molecule has 1 aromatic heterocycles. The zero-order valence-electron chi connectivity index (χ0n) is 20.0. The molecule has 7 heteroatoms. The number of nitrogens with zero attached hydrogens (tertiary/aromatic N) is 3. The average Bonchev–Trinajstić information content (AvgIpc) is 3.27. The maximum atomic E-state index is 6.67. The first-order valence-electron chi connectivity index (χ1n) is 12.4. The van der Waals surface area contributed by atoms with Crippen molar-refractivity contribution >= 4 is 11.5 Å². The number of benzene rings is 1. The third kappa shape index (κ3) is 4.06. The molecule has 3 aliphatic rings. The molecule has 5 rings (SSSR count). The smallest absolute Gasteiger partial charge is 0.143 e. The zero-order chi connectivity index (χ0) is 23.0. The molecule has 0 amide bonds. The first-order valence-corrected chi connectivity index (χ1v) is 12.4. The van der Waals surface area contributed by atoms with Gasteiger partial charge in [0.2, 0.25) is 0 Å². The van der Waals surface area contributed by atoms with Crippen molar-refractivity contribution in [3.05, 3.63) is 29.6 Å². The lowest BCUT2D eigenvalue weighted by Gasteiger charge is -2.39. The number of aromatic nitrogens is 2. The third-order valence-electron chi connectivity index (χ3n) is 8.01. The molecule has 7 nitrogen and oxygen atoms in total. The van der Waals surface area contributed by atoms with E-state index in [0.717, 1.165) is 74.1 Å². The minimum Gasteiger partial charge on any atom is -0.488 e. The van der Waals surface area contributed by atoms with Crippen molar-refractivity contribution in [1.29, 1.82) is 0 Å². The summed E-state index contributed by atoms with van der Waals surface area (Å²) < 4.78 is 12.1. The third-order valence-corrected chi connectivity index (χ3v) is 8.01. The molecule has 2 saturated carbocycles. The summed E-state index contributed by atoms with van der Waals surface area (Å²) in [6, 6.07) is 4.61. The minimum absolute atomic E-state index is 0.0146. The second-order valence-corrected chi connectivity index (χ2v) is 10.2. The SMILES string of the molecule is COCCN(C)c1c(OC2CCC(N)CC2)ccc2c1CC1(CCCC1)c1c(N)ncnc1-2. The molecule has 2 aromatic rings. The highest BCUT2D eigenvalue weighted by atomic mass is 16.5. The Morgan fingerprint density at radius 3 is 2.61 bits per heavy atom. The summed E-state index contributed by atoms with van der Waals surface area (Å²) in [7, 11) is 3.89. The fraction of sp³-hybridized carbons (Fsp3) is 0.615. The van der Waals surface area contributed by atoms with Gasteiger partial charge in [-0.15, -0.1) is 0 Å². The summed E-state index contributed by atoms with van der Waals surface area (Å²) in [5.41, 5.74) is 18.4. The monoisotopic (exact) mass is 451 g/mol. The number of hydrogen-bond acceptors (Lipinski definition) is 7. The Kier molecular flexibility index (Phi) is 6.18. The van der Waals surface area contributed by atoms with E-state index in [9.17, 15) is 0 Å². The van der Waals surface area contributed by atoms with Crippen molar-refractivity contribution in [2.45, 2.75) is 75.3 Å². The lowest BCUT2D eigenvalue weighted by Crippen LogP contribution is -2.34. The number of nitrogen functional groups attached to an aromatic ring is 1. The van der Waals surface area contributed by atoms with Gasteiger partial charge in [-0.25, -0.2) is 9.97 Å². The molecule has 0 unspecified atom stereocenters. The van der Waals surface area contributed by atoms with Gasteiger partial charge in [-0.05, 0) is 62.6 Å². The van der Waals surface area contributed by atoms with Gasteiger partial charge >= 0.3 is 0 Å². The standard InChI is InChI=1S/C26H37N5O2/c1-31(13-14-32-2)24-20-15-26(11-3-4-12-26)22-23(29-16-30-25(22)28)19(20)9-10-21(24)33-18-7-5-17(27)6-8-18/h9-10,16-18H,3-8,11-15,27H2,1-2H3,(H2,28,29,30). The van der Waals surface area contributed by atoms with Crippen molar-refractivity contribution in [2.75, 3.05) is 37.9 Å². The molecular weight excluding hydrogens is 414 g/mol. The molecule has 4 N–H and O–H groups in total. The molecule has 0 atom stereocenters. The van der Waals surface area contributed by atoms with Crippen molar-refractivity contribution < 1.29 is 9.47 Å². The van der Waals surface area contributed by atoms with Crippen LogP contribution in [0.2, 0.25) is 0 Å². The minimum atomic E-state index is 0.0146. The quantitative estimate of drug-likeness (QED) is 0.689. The van der Waals surface area contributed by atoms with E-state index in [4.69, 9.17) is 25.9 Å². The Hall–Kier alpha value is -2.38. The van der Waals surface area contributed by atoms with Gasteiger partial charge < -0.3 is 25.8 Å². The summed E-state index contributed by atoms with van der Waals surface area (Å²) in [4.78, 5) is 11.5. The molecule has 178 valence electrons. The summed E-state index contributed by atoms with van der Waals surface area (Å²) in [6.07, 6.45) is 11.5. The predicted molar refractivity (Wildman–Crippen MR) is 132 cm³/mol. The second kappa shape index (κ2) is 9.11. The number of rotatable bonds is 6. The van der Waals surface area contributed by atoms with Gasteiger partial charge in [0.1, 0.15) is 17.9 Å². The Morgan fingerprint density at radius 1 is 1.12 bits per heavy atom. The number of methoxy groups -OCH3 is 1. The van der Waals surface area contributed by atoms with Gasteiger partial charge in [-0.3, -0.25) is 0 Å². The van der Waals surface area contributed by atoms with E-state index in [1.807, 2.05) is 0 Å². The van der Waals surface area contributed by atoms with Crippen LogP contribution in [0.15, 0.2) is 18.5 Å². The van der Waals surface area contributed by atoms with Crippen LogP contribution in [0.5, 0.6) is 5.75 Å². The van der Waals surface area contributed by atoms with Gasteiger partial charge in [0, 0.05) is 43.3 Å². The molecule has 0 bridgehead atoms. The number of ether oxygens (including phenoxy) is 2. The Bertz CT molecular complexity index is 996. The highest BCUT2D eigenvalue weighted by Crippen LogP contribution is 2.55. The number of hydrogen-bond donors (Lipinski definition) is 2. The van der Waals surface area contributed by atoms with Crippen LogP contribution in [0, 0.1) is 0 Å². The van der Waals surface area contributed by atoms with Crippen LogP contribution in [-0.2, 0) is 16.6 Å². The van der Waals surface area contributed by atoms with Crippen molar-refractivity contribution in [1.82, 2.24) is 9.97 Å². The van der Waals surface area contributed by atoms with Crippen LogP contribution < -0.4 is 21.1 Å². The topological polar surface area (TPSA) is 99.5 Å². The fourth-order valence-electron chi connectivity index (χ4n) is 6.29. The van der Waals surface area contributed by atoms with Gasteiger partial charge in [-0.2, -0.15) is 0 Å². The average molecular weight is 452 g/mol. The van der Waals surface area contributed by atoms with Gasteiger partial charge in [0.15, 0.2) is 0 Å². The molecule has 3 aliphatic carbocycles. The molecular formula is C26H37N5O2. The lowest BCUT2D eigenvalue weighted by atomic mass is 9.67. The van der Waals surface area contributed by atoms with Crippen molar-refractivity contribution in [3.8, 4) is 17.0 Å². The van der Waals surface area contributed by atoms with E-state index in [1.54, 1.807) is 13.4 Å². The Labute approximate surface area is 196 Å². The van der Waals surface area contributed by atoms with Crippen LogP contribution >= 0.6 is 0 Å². The first-order chi connectivity index (χ1) is 16.0. The maximum absolute atomic E-state index is 6.67. The van der Waals surface area contributed by atoms with Gasteiger partial charge in [0.25, 0.3) is 0 Å². The number of nitrogens with two attached hydrogens (primary N) is 2. The largest absolute Gasteiger partial charge is 0.488 e. The van der Waals surface area contributed by atoms with E-state index in [1.165, 1.54) is 24.1 Å². The molecule has 1 aromatic carbocycles. The first kappa shape index (κ1) is 22.4. The van der Waals surface area contributed by atoms with Gasteiger partial charge in [-0.1, -0.05) is 12.8 Å². The van der Waals surface area contributed by atoms with E-state index in [-0.39, 0.29) is 11.5 Å². The highest BCUT2D eigenvalue weighted by molar-refractivity contribution is 5.83. The summed E-state index contributed by atoms with van der Waals surface area (Å²) >= 11 is 0. The van der Waals surface area contributed by atoms with E-state index < -0.39 is 0 Å². The zero-order valence-corrected chi connectivity index (χ0v) is 20.0. The maximum Gasteiger partial charge on any atom is 0.143 e. The van der Waals surface area contributed by atoms with Crippen LogP contribution in [0.1, 0.15) is 62.5 Å². The van der Waals surface area contributed by atoms with Crippen LogP contribution in [-0.4, -0.2) is 49.4 Å². The number of likely N-dealkylation sites (N-methyl/N-ethyl adjacent to an activating group) is 1. The van der Waals surface area contributed by atoms with Gasteiger partial charge in [0.05, 0.1) is 24.1 Å². The highest BCUT2D eigenvalue weighted by Gasteiger charge is 2.45. The normalized spacial score (nSPS) is 23.2. The molecule has 1 spiro atoms. The number of anilines is 2. The molecule has 33 heavy (non-hydrogen) atoms. The van der Waals surface area contributed by atoms with Crippen LogP contribution in [0.4, 0.5) is 11.5 Å². The predicted octanol–water partition coefficient (Wildman–Crippen LogP) is 3.83. The van der Waals surface area contributed by atoms with Crippen LogP contribution in [0.25, 0.3) is 11.3 Å². The Balaban J connectivity index is 1.61. The van der Waals surface area contributed by atoms with E-state index >= 15 is 0 Å². The number of fused-ring (bicyclic) bond motifs is 4. The second-order valence-electron chi connectivity index (χ2n) is 10.2. The lowest BCUT2D eigenvalue weighted by molar-refractivity contribution is 0.147. The summed E-state index contributed by atoms with van der Waals surface area (Å²) in [6.45, 7) is 1.46. The molecule has 0 aliphatic heterocycles. The summed E-state index contributed by atoms with van der Waals surface area (Å²) in [5, 5.41) is 0. The van der Waals surface area contributed by atoms with Crippen molar-refractivity contribution in [2.24, 2.45) is 5.73 Å². The van der Waals surface area contributed by atoms with Crippen LogP contribution in [0.3, 0.4) is 0 Å². The molecule has 2 fully saturated rings. The van der Waals surface area contributed by atoms with E-state index in [0.29, 0.717) is 18.5 Å². The molecule has 0 saturated heterocycles. The molecule has 0 radical (unpaired) electrons.